The molecule has 178 valence electrons. The van der Waals surface area contributed by atoms with E-state index in [2.05, 4.69) is 43.4 Å². The summed E-state index contributed by atoms with van der Waals surface area (Å²) in [7, 11) is 0. The number of carbonyl (C=O) groups excluding carboxylic acids is 2. The van der Waals surface area contributed by atoms with E-state index in [4.69, 9.17) is 9.47 Å². The number of fused-ring (bicyclic) bond motifs is 3. The maximum absolute atomic E-state index is 12.7. The molecule has 0 unspecified atom stereocenters. The van der Waals surface area contributed by atoms with Crippen LogP contribution < -0.4 is 5.32 Å². The first-order valence-corrected chi connectivity index (χ1v) is 12.8. The summed E-state index contributed by atoms with van der Waals surface area (Å²) in [5.41, 5.74) is 4.03. The predicted octanol–water partition coefficient (Wildman–Crippen LogP) is 6.01. The van der Waals surface area contributed by atoms with Crippen LogP contribution in [0.15, 0.2) is 48.5 Å². The molecular weight excluding hydrogens is 434 g/mol. The maximum Gasteiger partial charge on any atom is 0.407 e. The lowest BCUT2D eigenvalue weighted by Gasteiger charge is -2.25. The summed E-state index contributed by atoms with van der Waals surface area (Å²) in [4.78, 5) is 25.4. The Morgan fingerprint density at radius 2 is 1.58 bits per heavy atom. The number of alkyl carbamates (subject to hydrolysis) is 1. The maximum atomic E-state index is 12.7. The van der Waals surface area contributed by atoms with Gasteiger partial charge >= 0.3 is 12.1 Å². The van der Waals surface area contributed by atoms with Gasteiger partial charge in [-0.25, -0.2) is 9.59 Å². The Morgan fingerprint density at radius 1 is 1.00 bits per heavy atom. The van der Waals surface area contributed by atoms with Crippen molar-refractivity contribution in [2.45, 2.75) is 58.6 Å². The van der Waals surface area contributed by atoms with Crippen molar-refractivity contribution in [1.29, 1.82) is 0 Å². The van der Waals surface area contributed by atoms with Crippen LogP contribution in [0.5, 0.6) is 0 Å². The number of amides is 1. The minimum atomic E-state index is -0.756. The van der Waals surface area contributed by atoms with E-state index in [1.54, 1.807) is 11.8 Å². The fraction of sp³-hybridized carbons (Fsp3) is 0.481. The number of hydrogen-bond donors (Lipinski definition) is 1. The largest absolute Gasteiger partial charge is 0.458 e. The summed E-state index contributed by atoms with van der Waals surface area (Å²) in [5.74, 6) is 1.45. The normalized spacial score (nSPS) is 14.7. The zero-order valence-corrected chi connectivity index (χ0v) is 21.0. The van der Waals surface area contributed by atoms with Crippen molar-refractivity contribution in [1.82, 2.24) is 5.32 Å². The molecule has 1 N–H and O–H groups in total. The molecule has 2 aromatic carbocycles. The number of rotatable bonds is 9. The zero-order chi connectivity index (χ0) is 24.0. The third-order valence-corrected chi connectivity index (χ3v) is 7.08. The van der Waals surface area contributed by atoms with Crippen molar-refractivity contribution in [3.8, 4) is 11.1 Å². The van der Waals surface area contributed by atoms with Gasteiger partial charge < -0.3 is 14.8 Å². The predicted molar refractivity (Wildman–Crippen MR) is 135 cm³/mol. The molecule has 1 amide bonds. The third kappa shape index (κ3) is 6.76. The average molecular weight is 470 g/mol. The summed E-state index contributed by atoms with van der Waals surface area (Å²) >= 11 is 1.64. The zero-order valence-electron chi connectivity index (χ0n) is 20.2. The summed E-state index contributed by atoms with van der Waals surface area (Å²) in [6, 6.07) is 15.7. The van der Waals surface area contributed by atoms with Gasteiger partial charge in [-0.2, -0.15) is 11.8 Å². The second-order valence-electron chi connectivity index (χ2n) is 9.61. The lowest BCUT2D eigenvalue weighted by Crippen LogP contribution is -2.46. The number of hydrogen-bond acceptors (Lipinski definition) is 5. The fourth-order valence-electron chi connectivity index (χ4n) is 3.83. The van der Waals surface area contributed by atoms with Crippen molar-refractivity contribution in [2.75, 3.05) is 18.1 Å². The molecule has 6 heteroatoms. The Labute approximate surface area is 201 Å². The molecule has 1 aliphatic carbocycles. The van der Waals surface area contributed by atoms with Gasteiger partial charge in [0.15, 0.2) is 0 Å². The van der Waals surface area contributed by atoms with E-state index in [9.17, 15) is 9.59 Å². The number of nitrogens with one attached hydrogen (secondary N) is 1. The van der Waals surface area contributed by atoms with Gasteiger partial charge in [0.2, 0.25) is 0 Å². The molecule has 0 bridgehead atoms. The molecule has 0 spiro atoms. The molecule has 0 radical (unpaired) electrons. The third-order valence-electron chi connectivity index (χ3n) is 5.71. The lowest BCUT2D eigenvalue weighted by atomic mass is 9.98. The summed E-state index contributed by atoms with van der Waals surface area (Å²) in [5, 5.41) is 2.75. The molecule has 0 aliphatic heterocycles. The highest BCUT2D eigenvalue weighted by atomic mass is 32.2. The van der Waals surface area contributed by atoms with Gasteiger partial charge in [0, 0.05) is 11.7 Å². The number of esters is 1. The van der Waals surface area contributed by atoms with Crippen molar-refractivity contribution >= 4 is 23.8 Å². The molecule has 0 fully saturated rings. The molecule has 0 heterocycles. The van der Waals surface area contributed by atoms with E-state index in [1.807, 2.05) is 45.0 Å². The van der Waals surface area contributed by atoms with Crippen LogP contribution in [0.1, 0.15) is 58.1 Å². The van der Waals surface area contributed by atoms with Crippen molar-refractivity contribution < 1.29 is 19.1 Å². The average Bonchev–Trinajstić information content (AvgIpc) is 3.09. The minimum absolute atomic E-state index is 0.0251. The SMILES string of the molecule is CC[C@@H](C)CSC[C@H](NC(=O)OCC1c2ccccc2-c2ccccc21)C(=O)OC(C)(C)C. The molecule has 0 aromatic heterocycles. The van der Waals surface area contributed by atoms with Crippen molar-refractivity contribution in [3.05, 3.63) is 59.7 Å². The Balaban J connectivity index is 1.64. The number of ether oxygens (including phenoxy) is 2. The molecule has 3 rings (SSSR count). The highest BCUT2D eigenvalue weighted by Gasteiger charge is 2.31. The van der Waals surface area contributed by atoms with Crippen molar-refractivity contribution in [3.63, 3.8) is 0 Å². The van der Waals surface area contributed by atoms with E-state index in [0.717, 1.165) is 23.3 Å². The number of thioether (sulfide) groups is 1. The van der Waals surface area contributed by atoms with Gasteiger partial charge in [-0.15, -0.1) is 0 Å². The quantitative estimate of drug-likeness (QED) is 0.455. The smallest absolute Gasteiger partial charge is 0.407 e. The Hall–Kier alpha value is -2.47. The fourth-order valence-corrected chi connectivity index (χ4v) is 5.06. The topological polar surface area (TPSA) is 64.6 Å². The molecule has 0 saturated carbocycles. The molecule has 5 nitrogen and oxygen atoms in total. The Kier molecular flexibility index (Phi) is 8.46. The summed E-state index contributed by atoms with van der Waals surface area (Å²) in [6.45, 7) is 9.99. The first-order valence-electron chi connectivity index (χ1n) is 11.6. The van der Waals surface area contributed by atoms with Crippen LogP contribution in [0.25, 0.3) is 11.1 Å². The van der Waals surface area contributed by atoms with Gasteiger partial charge in [0.1, 0.15) is 18.2 Å². The van der Waals surface area contributed by atoms with Gasteiger partial charge in [0.25, 0.3) is 0 Å². The molecule has 2 atom stereocenters. The molecule has 2 aromatic rings. The highest BCUT2D eigenvalue weighted by Crippen LogP contribution is 2.44. The first-order chi connectivity index (χ1) is 15.7. The molecule has 33 heavy (non-hydrogen) atoms. The van der Waals surface area contributed by atoms with Gasteiger partial charge in [-0.1, -0.05) is 68.8 Å². The van der Waals surface area contributed by atoms with Gasteiger partial charge in [0.05, 0.1) is 0 Å². The molecule has 1 aliphatic rings. The number of benzene rings is 2. The van der Waals surface area contributed by atoms with Crippen LogP contribution in [0.4, 0.5) is 4.79 Å². The van der Waals surface area contributed by atoms with Gasteiger partial charge in [-0.3, -0.25) is 0 Å². The van der Waals surface area contributed by atoms with Crippen molar-refractivity contribution in [2.24, 2.45) is 5.92 Å². The van der Waals surface area contributed by atoms with E-state index >= 15 is 0 Å². The van der Waals surface area contributed by atoms with Crippen LogP contribution in [0, 0.1) is 5.92 Å². The second-order valence-corrected chi connectivity index (χ2v) is 10.7. The summed E-state index contributed by atoms with van der Waals surface area (Å²) in [6.07, 6.45) is 0.473. The minimum Gasteiger partial charge on any atom is -0.458 e. The highest BCUT2D eigenvalue weighted by molar-refractivity contribution is 7.99. The second kappa shape index (κ2) is 11.1. The standard InChI is InChI=1S/C27H35NO4S/c1-6-18(2)16-33-17-24(25(29)32-27(3,4)5)28-26(30)31-15-23-21-13-9-7-11-19(21)20-12-8-10-14-22(20)23/h7-14,18,23-24H,6,15-17H2,1-5H3,(H,28,30)/t18-,24+/m1/s1. The van der Waals surface area contributed by atoms with E-state index in [0.29, 0.717) is 11.7 Å². The first kappa shape index (κ1) is 25.2. The summed E-state index contributed by atoms with van der Waals surface area (Å²) < 4.78 is 11.2. The van der Waals surface area contributed by atoms with Crippen LogP contribution >= 0.6 is 11.8 Å². The van der Waals surface area contributed by atoms with E-state index < -0.39 is 23.7 Å². The Morgan fingerprint density at radius 3 is 2.12 bits per heavy atom. The van der Waals surface area contributed by atoms with Gasteiger partial charge in [-0.05, 0) is 54.7 Å². The van der Waals surface area contributed by atoms with Crippen LogP contribution in [0.3, 0.4) is 0 Å². The lowest BCUT2D eigenvalue weighted by molar-refractivity contribution is -0.156. The number of carbonyl (C=O) groups is 2. The van der Waals surface area contributed by atoms with E-state index in [-0.39, 0.29) is 12.5 Å². The van der Waals surface area contributed by atoms with Crippen LogP contribution in [-0.4, -0.2) is 41.8 Å². The molecular formula is C27H35NO4S. The Bertz CT molecular complexity index is 923. The van der Waals surface area contributed by atoms with E-state index in [1.165, 1.54) is 11.1 Å². The molecule has 0 saturated heterocycles. The van der Waals surface area contributed by atoms with Crippen LogP contribution in [0.2, 0.25) is 0 Å². The monoisotopic (exact) mass is 469 g/mol. The van der Waals surface area contributed by atoms with Crippen LogP contribution in [-0.2, 0) is 14.3 Å².